The number of anilines is 1. The second-order valence-electron chi connectivity index (χ2n) is 5.74. The SMILES string of the molecule is CCn1nnc(NC(=S)NC(=O)/C=C/c2ccc(-c3ccc(C)c(Cl)c3)o2)n1. The maximum absolute atomic E-state index is 12.0. The molecule has 2 N–H and O–H groups in total. The molecule has 0 aliphatic rings. The Labute approximate surface area is 171 Å². The normalized spacial score (nSPS) is 11.0. The highest BCUT2D eigenvalue weighted by atomic mass is 35.5. The van der Waals surface area contributed by atoms with Gasteiger partial charge in [0.15, 0.2) is 5.11 Å². The van der Waals surface area contributed by atoms with E-state index in [2.05, 4.69) is 26.0 Å². The Morgan fingerprint density at radius 3 is 2.89 bits per heavy atom. The number of furan rings is 1. The number of aromatic nitrogens is 4. The lowest BCUT2D eigenvalue weighted by Crippen LogP contribution is -2.33. The topological polar surface area (TPSA) is 97.9 Å². The average molecular weight is 417 g/mol. The fraction of sp³-hybridized carbons (Fsp3) is 0.167. The summed E-state index contributed by atoms with van der Waals surface area (Å²) in [6.45, 7) is 4.39. The highest BCUT2D eigenvalue weighted by Gasteiger charge is 2.08. The van der Waals surface area contributed by atoms with Gasteiger partial charge in [0.1, 0.15) is 11.5 Å². The first-order valence-electron chi connectivity index (χ1n) is 8.39. The van der Waals surface area contributed by atoms with E-state index in [1.807, 2.05) is 38.1 Å². The van der Waals surface area contributed by atoms with Crippen molar-refractivity contribution in [3.8, 4) is 11.3 Å². The first kappa shape index (κ1) is 19.7. The largest absolute Gasteiger partial charge is 0.457 e. The molecule has 2 heterocycles. The monoisotopic (exact) mass is 416 g/mol. The summed E-state index contributed by atoms with van der Waals surface area (Å²) in [7, 11) is 0. The summed E-state index contributed by atoms with van der Waals surface area (Å²) >= 11 is 11.2. The van der Waals surface area contributed by atoms with Crippen LogP contribution in [-0.2, 0) is 11.3 Å². The molecule has 3 rings (SSSR count). The van der Waals surface area contributed by atoms with E-state index in [1.54, 1.807) is 12.1 Å². The van der Waals surface area contributed by atoms with Gasteiger partial charge in [-0.3, -0.25) is 15.4 Å². The van der Waals surface area contributed by atoms with Crippen LogP contribution in [0, 0.1) is 6.92 Å². The predicted molar refractivity (Wildman–Crippen MR) is 111 cm³/mol. The van der Waals surface area contributed by atoms with Crippen LogP contribution in [0.1, 0.15) is 18.2 Å². The smallest absolute Gasteiger partial charge is 0.269 e. The Kier molecular flexibility index (Phi) is 6.17. The second kappa shape index (κ2) is 8.77. The van der Waals surface area contributed by atoms with Gasteiger partial charge in [0, 0.05) is 16.7 Å². The van der Waals surface area contributed by atoms with E-state index >= 15 is 0 Å². The first-order chi connectivity index (χ1) is 13.4. The second-order valence-corrected chi connectivity index (χ2v) is 6.56. The molecule has 0 saturated heterocycles. The van der Waals surface area contributed by atoms with Gasteiger partial charge in [-0.05, 0) is 61.1 Å². The van der Waals surface area contributed by atoms with Crippen molar-refractivity contribution in [3.05, 3.63) is 52.8 Å². The average Bonchev–Trinajstić information content (AvgIpc) is 3.31. The molecule has 0 aliphatic carbocycles. The van der Waals surface area contributed by atoms with Gasteiger partial charge in [0.25, 0.3) is 5.95 Å². The minimum Gasteiger partial charge on any atom is -0.457 e. The standard InChI is InChI=1S/C18H17ClN6O2S/c1-3-25-23-17(22-24-25)21-18(28)20-16(26)9-7-13-6-8-15(27-13)12-5-4-11(2)14(19)10-12/h4-10H,3H2,1-2H3,(H2,20,21,23,26,28)/b9-7+. The molecule has 1 aromatic carbocycles. The van der Waals surface area contributed by atoms with Crippen LogP contribution in [0.15, 0.2) is 40.8 Å². The lowest BCUT2D eigenvalue weighted by Gasteiger charge is -2.03. The Balaban J connectivity index is 1.57. The molecule has 10 heteroatoms. The predicted octanol–water partition coefficient (Wildman–Crippen LogP) is 3.44. The van der Waals surface area contributed by atoms with Gasteiger partial charge in [-0.15, -0.1) is 5.10 Å². The van der Waals surface area contributed by atoms with Gasteiger partial charge in [0.05, 0.1) is 6.54 Å². The zero-order valence-corrected chi connectivity index (χ0v) is 16.7. The van der Waals surface area contributed by atoms with Crippen molar-refractivity contribution in [2.24, 2.45) is 0 Å². The molecule has 1 amide bonds. The highest BCUT2D eigenvalue weighted by Crippen LogP contribution is 2.27. The van der Waals surface area contributed by atoms with Crippen molar-refractivity contribution in [2.45, 2.75) is 20.4 Å². The van der Waals surface area contributed by atoms with Gasteiger partial charge in [-0.1, -0.05) is 28.8 Å². The quantitative estimate of drug-likeness (QED) is 0.485. The molecule has 3 aromatic rings. The van der Waals surface area contributed by atoms with Crippen molar-refractivity contribution in [3.63, 3.8) is 0 Å². The summed E-state index contributed by atoms with van der Waals surface area (Å²) in [5, 5.41) is 17.5. The van der Waals surface area contributed by atoms with Crippen LogP contribution in [0.3, 0.4) is 0 Å². The van der Waals surface area contributed by atoms with Gasteiger partial charge in [-0.25, -0.2) is 0 Å². The molecule has 28 heavy (non-hydrogen) atoms. The molecule has 0 atom stereocenters. The summed E-state index contributed by atoms with van der Waals surface area (Å²) in [5.74, 6) is 0.970. The number of rotatable bonds is 5. The fourth-order valence-electron chi connectivity index (χ4n) is 2.22. The zero-order valence-electron chi connectivity index (χ0n) is 15.1. The summed E-state index contributed by atoms with van der Waals surface area (Å²) in [5.41, 5.74) is 1.85. The molecule has 8 nitrogen and oxygen atoms in total. The van der Waals surface area contributed by atoms with Crippen LogP contribution in [0.5, 0.6) is 0 Å². The van der Waals surface area contributed by atoms with Crippen molar-refractivity contribution in [1.82, 2.24) is 25.5 Å². The van der Waals surface area contributed by atoms with E-state index in [4.69, 9.17) is 28.2 Å². The molecule has 0 aliphatic heterocycles. The number of nitrogens with one attached hydrogen (secondary N) is 2. The number of carbonyl (C=O) groups is 1. The van der Waals surface area contributed by atoms with Crippen LogP contribution >= 0.6 is 23.8 Å². The Morgan fingerprint density at radius 2 is 2.18 bits per heavy atom. The Hall–Kier alpha value is -3.04. The Morgan fingerprint density at radius 1 is 1.36 bits per heavy atom. The number of nitrogens with zero attached hydrogens (tertiary/aromatic N) is 4. The molecule has 2 aromatic heterocycles. The van der Waals surface area contributed by atoms with Gasteiger partial charge < -0.3 is 4.42 Å². The van der Waals surface area contributed by atoms with E-state index < -0.39 is 5.91 Å². The molecular weight excluding hydrogens is 400 g/mol. The maximum atomic E-state index is 12.0. The molecular formula is C18H17ClN6O2S. The molecule has 144 valence electrons. The van der Waals surface area contributed by atoms with Gasteiger partial charge in [-0.2, -0.15) is 4.80 Å². The minimum absolute atomic E-state index is 0.0692. The third-order valence-electron chi connectivity index (χ3n) is 3.68. The lowest BCUT2D eigenvalue weighted by molar-refractivity contribution is -0.115. The summed E-state index contributed by atoms with van der Waals surface area (Å²) < 4.78 is 5.73. The van der Waals surface area contributed by atoms with Crippen LogP contribution in [0.25, 0.3) is 17.4 Å². The van der Waals surface area contributed by atoms with Gasteiger partial charge in [0.2, 0.25) is 5.91 Å². The van der Waals surface area contributed by atoms with Crippen LogP contribution < -0.4 is 10.6 Å². The van der Waals surface area contributed by atoms with Crippen molar-refractivity contribution in [1.29, 1.82) is 0 Å². The minimum atomic E-state index is -0.420. The Bertz CT molecular complexity index is 1040. The number of aryl methyl sites for hydroxylation is 2. The highest BCUT2D eigenvalue weighted by molar-refractivity contribution is 7.80. The van der Waals surface area contributed by atoms with E-state index in [0.29, 0.717) is 23.1 Å². The number of halogens is 1. The fourth-order valence-corrected chi connectivity index (χ4v) is 2.59. The van der Waals surface area contributed by atoms with E-state index in [-0.39, 0.29) is 11.1 Å². The molecule has 0 radical (unpaired) electrons. The van der Waals surface area contributed by atoms with E-state index in [0.717, 1.165) is 11.1 Å². The van der Waals surface area contributed by atoms with Crippen molar-refractivity contribution in [2.75, 3.05) is 5.32 Å². The maximum Gasteiger partial charge on any atom is 0.269 e. The molecule has 0 saturated carbocycles. The third-order valence-corrected chi connectivity index (χ3v) is 4.29. The number of amides is 1. The summed E-state index contributed by atoms with van der Waals surface area (Å²) in [6, 6.07) is 9.25. The molecule has 0 fully saturated rings. The number of hydrogen-bond donors (Lipinski definition) is 2. The molecule has 0 spiro atoms. The number of carbonyl (C=O) groups excluding carboxylic acids is 1. The van der Waals surface area contributed by atoms with E-state index in [9.17, 15) is 4.79 Å². The van der Waals surface area contributed by atoms with Gasteiger partial charge >= 0.3 is 0 Å². The molecule has 0 unspecified atom stereocenters. The number of hydrogen-bond acceptors (Lipinski definition) is 6. The summed E-state index contributed by atoms with van der Waals surface area (Å²) in [6.07, 6.45) is 2.86. The summed E-state index contributed by atoms with van der Waals surface area (Å²) in [4.78, 5) is 13.4. The number of benzene rings is 1. The van der Waals surface area contributed by atoms with Crippen LogP contribution in [0.2, 0.25) is 5.02 Å². The van der Waals surface area contributed by atoms with E-state index in [1.165, 1.54) is 10.9 Å². The van der Waals surface area contributed by atoms with Crippen molar-refractivity contribution >= 4 is 46.9 Å². The number of tetrazole rings is 1. The lowest BCUT2D eigenvalue weighted by atomic mass is 10.1. The van der Waals surface area contributed by atoms with Crippen molar-refractivity contribution < 1.29 is 9.21 Å². The zero-order chi connectivity index (χ0) is 20.1. The van der Waals surface area contributed by atoms with Crippen LogP contribution in [-0.4, -0.2) is 31.2 Å². The molecule has 0 bridgehead atoms. The van der Waals surface area contributed by atoms with Crippen LogP contribution in [0.4, 0.5) is 5.95 Å². The third kappa shape index (κ3) is 5.02. The first-order valence-corrected chi connectivity index (χ1v) is 9.17. The number of thiocarbonyl (C=S) groups is 1.